The van der Waals surface area contributed by atoms with Crippen molar-refractivity contribution in [1.82, 2.24) is 9.55 Å². The van der Waals surface area contributed by atoms with E-state index in [9.17, 15) is 14.7 Å². The van der Waals surface area contributed by atoms with Gasteiger partial charge in [-0.2, -0.15) is 0 Å². The lowest BCUT2D eigenvalue weighted by Gasteiger charge is -2.49. The Morgan fingerprint density at radius 3 is 2.48 bits per heavy atom. The van der Waals surface area contributed by atoms with Crippen molar-refractivity contribution in [3.05, 3.63) is 33.1 Å². The molecule has 8 atom stereocenters. The highest BCUT2D eigenvalue weighted by Gasteiger charge is 2.62. The van der Waals surface area contributed by atoms with Crippen LogP contribution in [0.25, 0.3) is 0 Å². The summed E-state index contributed by atoms with van der Waals surface area (Å²) in [6, 6.07) is 2.02. The molecule has 3 rings (SSSR count). The first kappa shape index (κ1) is 26.5. The van der Waals surface area contributed by atoms with Gasteiger partial charge in [0.25, 0.3) is 5.56 Å². The van der Waals surface area contributed by atoms with Gasteiger partial charge in [0, 0.05) is 12.3 Å². The van der Waals surface area contributed by atoms with Gasteiger partial charge in [0.1, 0.15) is 17.8 Å². The first-order valence-corrected chi connectivity index (χ1v) is 16.6. The summed E-state index contributed by atoms with van der Waals surface area (Å²) in [5.74, 6) is 0. The average Bonchev–Trinajstić information content (AvgIpc) is 2.99. The summed E-state index contributed by atoms with van der Waals surface area (Å²) in [5.41, 5.74) is -2.25. The SMILES string of the molecule is CCC[Si]1(C(C)CC)O[C@@H]2C(CO[Si](C)(C(C)CC)O1)O[C@@H](n1ccc(=O)[nH]c1=O)[C@]2(C)O. The second-order valence-corrected chi connectivity index (χ2v) is 17.4. The number of hydrogen-bond donors (Lipinski definition) is 2. The number of nitrogens with zero attached hydrogens (tertiary/aromatic N) is 1. The van der Waals surface area contributed by atoms with E-state index in [4.69, 9.17) is 17.7 Å². The Balaban J connectivity index is 2.09. The predicted molar refractivity (Wildman–Crippen MR) is 130 cm³/mol. The van der Waals surface area contributed by atoms with Crippen LogP contribution in [0.5, 0.6) is 0 Å². The molecule has 0 aromatic carbocycles. The third kappa shape index (κ3) is 4.86. The van der Waals surface area contributed by atoms with E-state index < -0.39 is 52.4 Å². The Kier molecular flexibility index (Phi) is 7.94. The average molecular weight is 501 g/mol. The van der Waals surface area contributed by atoms with Crippen LogP contribution in [0.1, 0.15) is 67.0 Å². The number of aromatic nitrogens is 2. The number of nitrogens with one attached hydrogen (secondary N) is 1. The number of H-pyrrole nitrogens is 1. The maximum absolute atomic E-state index is 12.5. The maximum Gasteiger partial charge on any atom is 0.332 e. The van der Waals surface area contributed by atoms with Gasteiger partial charge in [0.15, 0.2) is 6.23 Å². The van der Waals surface area contributed by atoms with Crippen LogP contribution in [0.4, 0.5) is 0 Å². The molecule has 9 nitrogen and oxygen atoms in total. The van der Waals surface area contributed by atoms with Crippen molar-refractivity contribution in [2.24, 2.45) is 0 Å². The van der Waals surface area contributed by atoms with Crippen LogP contribution in [0, 0.1) is 0 Å². The van der Waals surface area contributed by atoms with E-state index in [-0.39, 0.29) is 17.7 Å². The van der Waals surface area contributed by atoms with Crippen LogP contribution in [-0.4, -0.2) is 56.2 Å². The van der Waals surface area contributed by atoms with Gasteiger partial charge >= 0.3 is 22.8 Å². The molecule has 11 heteroatoms. The smallest absolute Gasteiger partial charge is 0.332 e. The van der Waals surface area contributed by atoms with Crippen LogP contribution >= 0.6 is 0 Å². The topological polar surface area (TPSA) is 112 Å². The summed E-state index contributed by atoms with van der Waals surface area (Å²) in [6.07, 6.45) is 1.73. The Hall–Kier alpha value is -1.09. The fourth-order valence-corrected chi connectivity index (χ4v) is 14.6. The zero-order valence-electron chi connectivity index (χ0n) is 20.9. The van der Waals surface area contributed by atoms with E-state index in [0.717, 1.165) is 25.3 Å². The third-order valence-corrected chi connectivity index (χ3v) is 17.2. The highest BCUT2D eigenvalue weighted by Crippen LogP contribution is 2.47. The number of rotatable bonds is 7. The van der Waals surface area contributed by atoms with Crippen molar-refractivity contribution in [3.63, 3.8) is 0 Å². The minimum absolute atomic E-state index is 0.182. The molecule has 2 aliphatic rings. The highest BCUT2D eigenvalue weighted by atomic mass is 28.5. The summed E-state index contributed by atoms with van der Waals surface area (Å²) in [6.45, 7) is 14.7. The molecule has 5 unspecified atom stereocenters. The normalized spacial score (nSPS) is 38.8. The molecule has 0 aliphatic carbocycles. The quantitative estimate of drug-likeness (QED) is 0.553. The van der Waals surface area contributed by atoms with Gasteiger partial charge in [-0.15, -0.1) is 0 Å². The fourth-order valence-electron chi connectivity index (χ4n) is 4.88. The van der Waals surface area contributed by atoms with Gasteiger partial charge in [-0.3, -0.25) is 14.3 Å². The fraction of sp³-hybridized carbons (Fsp3) is 0.818. The number of aromatic amines is 1. The second kappa shape index (κ2) is 9.88. The summed E-state index contributed by atoms with van der Waals surface area (Å²) in [7, 11) is -5.50. The molecule has 2 saturated heterocycles. The van der Waals surface area contributed by atoms with E-state index in [2.05, 4.69) is 46.1 Å². The van der Waals surface area contributed by atoms with E-state index in [1.807, 2.05) is 0 Å². The molecule has 0 bridgehead atoms. The van der Waals surface area contributed by atoms with Crippen LogP contribution in [0.3, 0.4) is 0 Å². The first-order valence-electron chi connectivity index (χ1n) is 12.1. The molecule has 0 saturated carbocycles. The van der Waals surface area contributed by atoms with Gasteiger partial charge in [-0.05, 0) is 30.6 Å². The van der Waals surface area contributed by atoms with E-state index in [0.29, 0.717) is 0 Å². The van der Waals surface area contributed by atoms with Gasteiger partial charge in [-0.1, -0.05) is 53.9 Å². The largest absolute Gasteiger partial charge is 0.414 e. The molecule has 3 heterocycles. The number of hydrogen-bond acceptors (Lipinski definition) is 7. The molecular weight excluding hydrogens is 460 g/mol. The molecule has 0 radical (unpaired) electrons. The highest BCUT2D eigenvalue weighted by molar-refractivity contribution is 6.82. The van der Waals surface area contributed by atoms with Gasteiger partial charge in [0.2, 0.25) is 0 Å². The Morgan fingerprint density at radius 2 is 1.91 bits per heavy atom. The summed E-state index contributed by atoms with van der Waals surface area (Å²) < 4.78 is 28.0. The van der Waals surface area contributed by atoms with Crippen molar-refractivity contribution >= 4 is 17.1 Å². The standard InChI is InChI=1S/C22H40N2O7Si2/c1-8-13-33(16(5)10-3)30-19-17(14-28-32(7,31-33)15(4)9-2)29-20(22(19,6)27)24-12-11-18(25)23-21(24)26/h11-12,15-17,19-20,27H,8-10,13-14H2,1-7H3,(H,23,25,26)/t15?,16?,17?,19-,20-,22-,32?,33?/m1/s1. The monoisotopic (exact) mass is 500 g/mol. The Bertz CT molecular complexity index is 938. The van der Waals surface area contributed by atoms with Gasteiger partial charge < -0.3 is 22.8 Å². The lowest BCUT2D eigenvalue weighted by Crippen LogP contribution is -2.64. The molecule has 0 spiro atoms. The summed E-state index contributed by atoms with van der Waals surface area (Å²) in [4.78, 5) is 26.3. The van der Waals surface area contributed by atoms with Crippen molar-refractivity contribution in [2.45, 2.75) is 109 Å². The molecule has 2 fully saturated rings. The molecule has 33 heavy (non-hydrogen) atoms. The van der Waals surface area contributed by atoms with Crippen molar-refractivity contribution in [3.8, 4) is 0 Å². The first-order chi connectivity index (χ1) is 15.4. The van der Waals surface area contributed by atoms with Gasteiger partial charge in [0.05, 0.1) is 6.61 Å². The lowest BCUT2D eigenvalue weighted by molar-refractivity contribution is -0.0972. The van der Waals surface area contributed by atoms with Crippen LogP contribution in [-0.2, 0) is 17.7 Å². The number of fused-ring (bicyclic) bond motifs is 1. The van der Waals surface area contributed by atoms with Crippen LogP contribution in [0.2, 0.25) is 23.7 Å². The summed E-state index contributed by atoms with van der Waals surface area (Å²) >= 11 is 0. The predicted octanol–water partition coefficient (Wildman–Crippen LogP) is 3.14. The molecule has 1 aromatic rings. The Morgan fingerprint density at radius 1 is 1.24 bits per heavy atom. The molecule has 0 amide bonds. The van der Waals surface area contributed by atoms with E-state index in [1.165, 1.54) is 16.8 Å². The van der Waals surface area contributed by atoms with Crippen LogP contribution in [0.15, 0.2) is 21.9 Å². The van der Waals surface area contributed by atoms with Crippen molar-refractivity contribution in [1.29, 1.82) is 0 Å². The van der Waals surface area contributed by atoms with E-state index in [1.54, 1.807) is 6.92 Å². The van der Waals surface area contributed by atoms with Crippen molar-refractivity contribution in [2.75, 3.05) is 6.61 Å². The molecule has 2 N–H and O–H groups in total. The molecule has 188 valence electrons. The number of aliphatic hydroxyl groups is 1. The minimum Gasteiger partial charge on any atom is -0.414 e. The van der Waals surface area contributed by atoms with Crippen LogP contribution < -0.4 is 11.2 Å². The second-order valence-electron chi connectivity index (χ2n) is 9.92. The summed E-state index contributed by atoms with van der Waals surface area (Å²) in [5, 5.41) is 11.7. The van der Waals surface area contributed by atoms with Crippen molar-refractivity contribution < 1.29 is 22.8 Å². The van der Waals surface area contributed by atoms with Gasteiger partial charge in [-0.25, -0.2) is 4.79 Å². The third-order valence-electron chi connectivity index (χ3n) is 7.53. The molecular formula is C22H40N2O7Si2. The maximum atomic E-state index is 12.5. The zero-order chi connectivity index (χ0) is 24.6. The number of ether oxygens (including phenoxy) is 1. The lowest BCUT2D eigenvalue weighted by atomic mass is 9.96. The minimum atomic E-state index is -2.86. The van der Waals surface area contributed by atoms with E-state index >= 15 is 0 Å². The Labute approximate surface area is 197 Å². The molecule has 1 aromatic heterocycles. The molecule has 2 aliphatic heterocycles. The zero-order valence-corrected chi connectivity index (χ0v) is 22.9.